The Bertz CT molecular complexity index is 831. The van der Waals surface area contributed by atoms with Gasteiger partial charge in [0.1, 0.15) is 5.75 Å². The van der Waals surface area contributed by atoms with Crippen molar-refractivity contribution in [1.82, 2.24) is 4.34 Å². The third kappa shape index (κ3) is 8.07. The van der Waals surface area contributed by atoms with Crippen LogP contribution in [0.3, 0.4) is 0 Å². The summed E-state index contributed by atoms with van der Waals surface area (Å²) in [6, 6.07) is 18.8. The molecule has 3 aromatic rings. The van der Waals surface area contributed by atoms with Crippen molar-refractivity contribution in [1.29, 1.82) is 0 Å². The summed E-state index contributed by atoms with van der Waals surface area (Å²) in [7, 11) is 0.252. The molecule has 0 bridgehead atoms. The van der Waals surface area contributed by atoms with Gasteiger partial charge in [-0.25, -0.2) is 0 Å². The summed E-state index contributed by atoms with van der Waals surface area (Å²) in [5.74, 6) is 0.973. The number of rotatable bonds is 3. The average Bonchev–Trinajstić information content (AvgIpc) is 3.03. The molecule has 0 fully saturated rings. The third-order valence-electron chi connectivity index (χ3n) is 3.55. The molecule has 3 rings (SSSR count). The molecule has 0 N–H and O–H groups in total. The molecule has 0 aliphatic rings. The molecule has 154 valence electrons. The zero-order valence-corrected chi connectivity index (χ0v) is 20.1. The first-order valence-corrected chi connectivity index (χ1v) is 11.0. The van der Waals surface area contributed by atoms with Crippen LogP contribution >= 0.6 is 8.96 Å². The maximum atomic E-state index is 6.11. The minimum atomic E-state index is 0.0832. The Hall–Kier alpha value is -1.79. The predicted octanol–water partition coefficient (Wildman–Crippen LogP) is 8.45. The third-order valence-corrected chi connectivity index (χ3v) is 4.45. The van der Waals surface area contributed by atoms with E-state index in [1.807, 2.05) is 19.9 Å². The fourth-order valence-electron chi connectivity index (χ4n) is 2.44. The van der Waals surface area contributed by atoms with Crippen LogP contribution in [0.25, 0.3) is 10.9 Å². The number of nitrogens with zero attached hydrogens (tertiary/aromatic N) is 1. The number of para-hydroxylation sites is 2. The lowest BCUT2D eigenvalue weighted by Crippen LogP contribution is -2.12. The number of fused-ring (bicyclic) bond motifs is 1. The molecule has 0 aliphatic heterocycles. The summed E-state index contributed by atoms with van der Waals surface area (Å²) in [5, 5.41) is 1.25. The second kappa shape index (κ2) is 10.7. The van der Waals surface area contributed by atoms with Crippen LogP contribution in [-0.2, 0) is 5.41 Å². The van der Waals surface area contributed by atoms with Gasteiger partial charge in [-0.1, -0.05) is 98.7 Å². The smallest absolute Gasteiger partial charge is 0.181 e. The average molecular weight is 400 g/mol. The first-order valence-electron chi connectivity index (χ1n) is 10.1. The molecule has 0 aliphatic carbocycles. The Morgan fingerprint density at radius 1 is 0.750 bits per heavy atom. The molecule has 0 radical (unpaired) electrons. The first-order chi connectivity index (χ1) is 13.1. The van der Waals surface area contributed by atoms with Gasteiger partial charge in [0.05, 0.1) is 5.52 Å². The van der Waals surface area contributed by atoms with Crippen molar-refractivity contribution >= 4 is 19.9 Å². The largest absolute Gasteiger partial charge is 0.455 e. The minimum absolute atomic E-state index is 0.0832. The molecule has 2 aromatic carbocycles. The molecule has 0 saturated heterocycles. The fraction of sp³-hybridized carbons (Fsp3) is 0.440. The van der Waals surface area contributed by atoms with Gasteiger partial charge in [0.25, 0.3) is 0 Å². The van der Waals surface area contributed by atoms with Crippen LogP contribution in [0.4, 0.5) is 0 Å². The zero-order chi connectivity index (χ0) is 21.4. The topological polar surface area (TPSA) is 14.2 Å². The van der Waals surface area contributed by atoms with Gasteiger partial charge in [-0.2, -0.15) is 0 Å². The lowest BCUT2D eigenvalue weighted by molar-refractivity contribution is 0.469. The zero-order valence-electron chi connectivity index (χ0n) is 19.1. The highest BCUT2D eigenvalue weighted by Gasteiger charge is 2.18. The van der Waals surface area contributed by atoms with Crippen molar-refractivity contribution in [2.75, 3.05) is 0 Å². The summed E-state index contributed by atoms with van der Waals surface area (Å²) in [6.07, 6.45) is 2.09. The van der Waals surface area contributed by atoms with Gasteiger partial charge < -0.3 is 4.52 Å². The van der Waals surface area contributed by atoms with Gasteiger partial charge in [0.2, 0.25) is 0 Å². The fourth-order valence-corrected chi connectivity index (χ4v) is 3.25. The first kappa shape index (κ1) is 24.2. The van der Waals surface area contributed by atoms with Crippen LogP contribution in [0.1, 0.15) is 67.9 Å². The van der Waals surface area contributed by atoms with Gasteiger partial charge in [-0.15, -0.1) is 0 Å². The second-order valence-electron chi connectivity index (χ2n) is 9.18. The van der Waals surface area contributed by atoms with Crippen LogP contribution < -0.4 is 4.52 Å². The van der Waals surface area contributed by atoms with E-state index in [2.05, 4.69) is 108 Å². The van der Waals surface area contributed by atoms with Crippen molar-refractivity contribution in [2.45, 2.75) is 67.7 Å². The maximum Gasteiger partial charge on any atom is 0.181 e. The van der Waals surface area contributed by atoms with E-state index < -0.39 is 0 Å². The normalized spacial score (nSPS) is 11.6. The Kier molecular flexibility index (Phi) is 9.24. The Morgan fingerprint density at radius 2 is 1.29 bits per heavy atom. The van der Waals surface area contributed by atoms with E-state index in [-0.39, 0.29) is 14.4 Å². The Labute approximate surface area is 174 Å². The van der Waals surface area contributed by atoms with Gasteiger partial charge >= 0.3 is 0 Å². The molecule has 1 heterocycles. The monoisotopic (exact) mass is 399 g/mol. The van der Waals surface area contributed by atoms with Crippen LogP contribution in [0.15, 0.2) is 60.8 Å². The number of hydrogen-bond donors (Lipinski definition) is 0. The van der Waals surface area contributed by atoms with Crippen LogP contribution in [0, 0.1) is 5.41 Å². The SMILES string of the molecule is CC.CC(C)(C)C.CC(C)(C)c1ccccc1OPn1ccc2ccccc21. The van der Waals surface area contributed by atoms with E-state index >= 15 is 0 Å². The standard InChI is InChI=1S/C18H20NOP.C5H12.C2H6/c1-18(2,3)15-9-5-7-11-17(15)20-21-19-13-12-14-8-4-6-10-16(14)19;1-5(2,3)4;1-2/h4-13,21H,1-3H3;1-4H3;1-2H3. The highest BCUT2D eigenvalue weighted by atomic mass is 31.1. The van der Waals surface area contributed by atoms with Crippen LogP contribution in [0.2, 0.25) is 0 Å². The van der Waals surface area contributed by atoms with Gasteiger partial charge in [0, 0.05) is 6.20 Å². The highest BCUT2D eigenvalue weighted by molar-refractivity contribution is 7.31. The minimum Gasteiger partial charge on any atom is -0.455 e. The summed E-state index contributed by atoms with van der Waals surface area (Å²) >= 11 is 0. The lowest BCUT2D eigenvalue weighted by Gasteiger charge is -2.22. The van der Waals surface area contributed by atoms with Crippen molar-refractivity contribution in [3.8, 4) is 5.75 Å². The number of hydrogen-bond acceptors (Lipinski definition) is 1. The maximum absolute atomic E-state index is 6.11. The highest BCUT2D eigenvalue weighted by Crippen LogP contribution is 2.35. The molecule has 2 nitrogen and oxygen atoms in total. The van der Waals surface area contributed by atoms with Gasteiger partial charge in [-0.05, 0) is 40.0 Å². The lowest BCUT2D eigenvalue weighted by atomic mass is 9.86. The molecule has 1 atom stereocenters. The molecule has 1 aromatic heterocycles. The molecule has 0 saturated carbocycles. The number of aromatic nitrogens is 1. The van der Waals surface area contributed by atoms with E-state index in [1.165, 1.54) is 16.5 Å². The molecule has 0 amide bonds. The van der Waals surface area contributed by atoms with E-state index in [1.54, 1.807) is 0 Å². The van der Waals surface area contributed by atoms with Crippen molar-refractivity contribution in [2.24, 2.45) is 5.41 Å². The molecular formula is C25H38NOP. The molecule has 1 unspecified atom stereocenters. The molecular weight excluding hydrogens is 361 g/mol. The number of benzene rings is 2. The molecule has 28 heavy (non-hydrogen) atoms. The Morgan fingerprint density at radius 3 is 1.89 bits per heavy atom. The van der Waals surface area contributed by atoms with E-state index in [9.17, 15) is 0 Å². The van der Waals surface area contributed by atoms with Crippen molar-refractivity contribution < 1.29 is 4.52 Å². The predicted molar refractivity (Wildman–Crippen MR) is 128 cm³/mol. The summed E-state index contributed by atoms with van der Waals surface area (Å²) in [4.78, 5) is 0. The van der Waals surface area contributed by atoms with Crippen molar-refractivity contribution in [3.63, 3.8) is 0 Å². The quantitative estimate of drug-likeness (QED) is 0.403. The summed E-state index contributed by atoms with van der Waals surface area (Å²) in [5.41, 5.74) is 3.04. The Balaban J connectivity index is 0.000000490. The van der Waals surface area contributed by atoms with Crippen molar-refractivity contribution in [3.05, 3.63) is 66.4 Å². The summed E-state index contributed by atoms with van der Waals surface area (Å²) in [6.45, 7) is 19.4. The second-order valence-corrected chi connectivity index (χ2v) is 10.1. The van der Waals surface area contributed by atoms with E-state index in [4.69, 9.17) is 4.52 Å². The van der Waals surface area contributed by atoms with Gasteiger partial charge in [0.15, 0.2) is 8.96 Å². The van der Waals surface area contributed by atoms with Crippen LogP contribution in [0.5, 0.6) is 5.75 Å². The molecule has 0 spiro atoms. The summed E-state index contributed by atoms with van der Waals surface area (Å²) < 4.78 is 8.27. The van der Waals surface area contributed by atoms with Crippen LogP contribution in [-0.4, -0.2) is 4.34 Å². The molecule has 3 heteroatoms. The van der Waals surface area contributed by atoms with E-state index in [0.717, 1.165) is 5.75 Å². The van der Waals surface area contributed by atoms with E-state index in [0.29, 0.717) is 5.41 Å². The van der Waals surface area contributed by atoms with Gasteiger partial charge in [-0.3, -0.25) is 4.34 Å².